The molecule has 6 heteroatoms. The summed E-state index contributed by atoms with van der Waals surface area (Å²) in [5.41, 5.74) is 1.42. The van der Waals surface area contributed by atoms with Crippen molar-refractivity contribution in [3.8, 4) is 0 Å². The minimum atomic E-state index is 0.0444. The largest absolute Gasteiger partial charge is 0.349 e. The lowest BCUT2D eigenvalue weighted by atomic mass is 10.1. The van der Waals surface area contributed by atoms with E-state index >= 15 is 0 Å². The molecule has 0 aliphatic carbocycles. The summed E-state index contributed by atoms with van der Waals surface area (Å²) in [5, 5.41) is 10.3. The van der Waals surface area contributed by atoms with Crippen LogP contribution >= 0.6 is 0 Å². The number of carbonyl (C=O) groups excluding carboxylic acids is 1. The van der Waals surface area contributed by atoms with Crippen molar-refractivity contribution in [2.45, 2.75) is 45.6 Å². The third-order valence-corrected chi connectivity index (χ3v) is 3.52. The summed E-state index contributed by atoms with van der Waals surface area (Å²) in [6.07, 6.45) is 6.28. The highest BCUT2D eigenvalue weighted by molar-refractivity contribution is 5.77. The number of rotatable bonds is 4. The second-order valence-corrected chi connectivity index (χ2v) is 5.12. The van der Waals surface area contributed by atoms with Crippen LogP contribution in [0.5, 0.6) is 0 Å². The number of carbonyl (C=O) groups is 1. The van der Waals surface area contributed by atoms with Gasteiger partial charge in [-0.3, -0.25) is 9.69 Å². The fourth-order valence-electron chi connectivity index (χ4n) is 2.32. The first-order chi connectivity index (χ1) is 9.25. The number of hydrogen-bond donors (Lipinski definition) is 1. The maximum absolute atomic E-state index is 11.9. The van der Waals surface area contributed by atoms with Crippen LogP contribution in [0.3, 0.4) is 0 Å². The Hall–Kier alpha value is -1.43. The van der Waals surface area contributed by atoms with E-state index in [0.29, 0.717) is 18.8 Å². The van der Waals surface area contributed by atoms with Crippen LogP contribution in [0, 0.1) is 6.92 Å². The minimum absolute atomic E-state index is 0.0444. The van der Waals surface area contributed by atoms with Gasteiger partial charge in [-0.05, 0) is 32.9 Å². The average molecular weight is 266 g/mol. The van der Waals surface area contributed by atoms with Crippen molar-refractivity contribution in [2.24, 2.45) is 0 Å². The van der Waals surface area contributed by atoms with Crippen molar-refractivity contribution < 1.29 is 9.42 Å². The third kappa shape index (κ3) is 4.63. The summed E-state index contributed by atoms with van der Waals surface area (Å²) >= 11 is 0. The van der Waals surface area contributed by atoms with Crippen molar-refractivity contribution >= 4 is 5.91 Å². The Labute approximate surface area is 113 Å². The molecule has 1 N–H and O–H groups in total. The van der Waals surface area contributed by atoms with Gasteiger partial charge in [-0.15, -0.1) is 0 Å². The highest BCUT2D eigenvalue weighted by Crippen LogP contribution is 2.10. The highest BCUT2D eigenvalue weighted by atomic mass is 16.6. The Morgan fingerprint density at radius 3 is 2.53 bits per heavy atom. The van der Waals surface area contributed by atoms with Gasteiger partial charge in [0.25, 0.3) is 0 Å². The van der Waals surface area contributed by atoms with Gasteiger partial charge in [-0.1, -0.05) is 29.6 Å². The zero-order chi connectivity index (χ0) is 13.5. The van der Waals surface area contributed by atoms with Crippen LogP contribution in [0.1, 0.15) is 43.5 Å². The molecule has 2 rings (SSSR count). The van der Waals surface area contributed by atoms with Gasteiger partial charge in [0, 0.05) is 0 Å². The van der Waals surface area contributed by atoms with E-state index in [1.165, 1.54) is 32.1 Å². The second-order valence-electron chi connectivity index (χ2n) is 5.12. The molecule has 0 saturated carbocycles. The number of hydrogen-bond acceptors (Lipinski definition) is 5. The fourth-order valence-corrected chi connectivity index (χ4v) is 2.32. The van der Waals surface area contributed by atoms with Crippen LogP contribution in [-0.4, -0.2) is 40.8 Å². The predicted octanol–water partition coefficient (Wildman–Crippen LogP) is 1.26. The molecular weight excluding hydrogens is 244 g/mol. The van der Waals surface area contributed by atoms with Gasteiger partial charge in [-0.25, -0.2) is 4.63 Å². The molecule has 1 aliphatic rings. The van der Waals surface area contributed by atoms with Gasteiger partial charge >= 0.3 is 0 Å². The van der Waals surface area contributed by atoms with Crippen LogP contribution < -0.4 is 5.32 Å². The molecule has 1 aromatic rings. The zero-order valence-corrected chi connectivity index (χ0v) is 11.5. The zero-order valence-electron chi connectivity index (χ0n) is 11.5. The van der Waals surface area contributed by atoms with Crippen LogP contribution in [-0.2, 0) is 11.3 Å². The molecule has 6 nitrogen and oxygen atoms in total. The highest BCUT2D eigenvalue weighted by Gasteiger charge is 2.13. The fraction of sp³-hybridized carbons (Fsp3) is 0.769. The molecule has 106 valence electrons. The monoisotopic (exact) mass is 266 g/mol. The number of likely N-dealkylation sites (tertiary alicyclic amines) is 1. The topological polar surface area (TPSA) is 71.3 Å². The van der Waals surface area contributed by atoms with Crippen molar-refractivity contribution in [3.63, 3.8) is 0 Å². The number of nitrogens with one attached hydrogen (secondary N) is 1. The summed E-state index contributed by atoms with van der Waals surface area (Å²) in [6.45, 7) is 4.73. The predicted molar refractivity (Wildman–Crippen MR) is 70.4 cm³/mol. The van der Waals surface area contributed by atoms with Crippen LogP contribution in [0.25, 0.3) is 0 Å². The quantitative estimate of drug-likeness (QED) is 0.888. The molecule has 0 atom stereocenters. The SMILES string of the molecule is Cc1nonc1CNC(=O)CN1CCCCCCC1. The summed E-state index contributed by atoms with van der Waals surface area (Å²) in [4.78, 5) is 14.1. The third-order valence-electron chi connectivity index (χ3n) is 3.52. The molecule has 0 unspecified atom stereocenters. The van der Waals surface area contributed by atoms with Crippen molar-refractivity contribution in [2.75, 3.05) is 19.6 Å². The Morgan fingerprint density at radius 1 is 1.21 bits per heavy atom. The Kier molecular flexibility index (Phi) is 5.32. The molecule has 0 bridgehead atoms. The molecule has 19 heavy (non-hydrogen) atoms. The van der Waals surface area contributed by atoms with E-state index in [1.807, 2.05) is 6.92 Å². The lowest BCUT2D eigenvalue weighted by molar-refractivity contribution is -0.122. The van der Waals surface area contributed by atoms with Gasteiger partial charge in [0.15, 0.2) is 0 Å². The first-order valence-corrected chi connectivity index (χ1v) is 7.03. The molecule has 1 aliphatic heterocycles. The van der Waals surface area contributed by atoms with Gasteiger partial charge in [0.1, 0.15) is 11.4 Å². The van der Waals surface area contributed by atoms with Crippen LogP contribution in [0.15, 0.2) is 4.63 Å². The molecule has 0 aromatic carbocycles. The first kappa shape index (κ1) is 14.0. The average Bonchev–Trinajstić information content (AvgIpc) is 2.76. The lowest BCUT2D eigenvalue weighted by Gasteiger charge is -2.23. The summed E-state index contributed by atoms with van der Waals surface area (Å²) in [6, 6.07) is 0. The van der Waals surface area contributed by atoms with Crippen molar-refractivity contribution in [1.29, 1.82) is 0 Å². The van der Waals surface area contributed by atoms with E-state index in [4.69, 9.17) is 0 Å². The smallest absolute Gasteiger partial charge is 0.234 e. The Bertz CT molecular complexity index is 397. The van der Waals surface area contributed by atoms with E-state index in [2.05, 4.69) is 25.2 Å². The number of amides is 1. The van der Waals surface area contributed by atoms with Gasteiger partial charge < -0.3 is 5.32 Å². The maximum atomic E-state index is 11.9. The van der Waals surface area contributed by atoms with Crippen molar-refractivity contribution in [3.05, 3.63) is 11.4 Å². The molecule has 0 radical (unpaired) electrons. The first-order valence-electron chi connectivity index (χ1n) is 7.03. The van der Waals surface area contributed by atoms with E-state index in [-0.39, 0.29) is 5.91 Å². The van der Waals surface area contributed by atoms with Crippen molar-refractivity contribution in [1.82, 2.24) is 20.5 Å². The van der Waals surface area contributed by atoms with Crippen LogP contribution in [0.2, 0.25) is 0 Å². The van der Waals surface area contributed by atoms with Crippen LogP contribution in [0.4, 0.5) is 0 Å². The number of aryl methyl sites for hydroxylation is 1. The van der Waals surface area contributed by atoms with Gasteiger partial charge in [0.05, 0.1) is 13.1 Å². The standard InChI is InChI=1S/C13H22N4O2/c1-11-12(16-19-15-11)9-14-13(18)10-17-7-5-3-2-4-6-8-17/h2-10H2,1H3,(H,14,18). The van der Waals surface area contributed by atoms with E-state index in [0.717, 1.165) is 18.8 Å². The summed E-state index contributed by atoms with van der Waals surface area (Å²) < 4.78 is 4.60. The molecule has 1 aromatic heterocycles. The molecular formula is C13H22N4O2. The van der Waals surface area contributed by atoms with E-state index in [9.17, 15) is 4.79 Å². The molecule has 0 spiro atoms. The molecule has 1 saturated heterocycles. The Balaban J connectivity index is 1.72. The Morgan fingerprint density at radius 2 is 1.89 bits per heavy atom. The summed E-state index contributed by atoms with van der Waals surface area (Å²) in [7, 11) is 0. The molecule has 1 fully saturated rings. The maximum Gasteiger partial charge on any atom is 0.234 e. The molecule has 2 heterocycles. The molecule has 1 amide bonds. The number of nitrogens with zero attached hydrogens (tertiary/aromatic N) is 3. The lowest BCUT2D eigenvalue weighted by Crippen LogP contribution is -2.38. The normalized spacial score (nSPS) is 17.7. The minimum Gasteiger partial charge on any atom is -0.349 e. The van der Waals surface area contributed by atoms with Gasteiger partial charge in [-0.2, -0.15) is 0 Å². The summed E-state index contributed by atoms with van der Waals surface area (Å²) in [5.74, 6) is 0.0444. The number of aromatic nitrogens is 2. The van der Waals surface area contributed by atoms with E-state index < -0.39 is 0 Å². The van der Waals surface area contributed by atoms with Gasteiger partial charge in [0.2, 0.25) is 5.91 Å². The second kappa shape index (κ2) is 7.23. The van der Waals surface area contributed by atoms with E-state index in [1.54, 1.807) is 0 Å².